The van der Waals surface area contributed by atoms with Crippen molar-refractivity contribution in [1.29, 1.82) is 0 Å². The van der Waals surface area contributed by atoms with Gasteiger partial charge >= 0.3 is 6.18 Å². The Hall–Kier alpha value is -2.15. The first-order chi connectivity index (χ1) is 9.86. The smallest absolute Gasteiger partial charge is 0.390 e. The van der Waals surface area contributed by atoms with E-state index >= 15 is 0 Å². The number of thiocarbonyl (C=S) groups is 1. The Balaban J connectivity index is 2.15. The fraction of sp³-hybridized carbons (Fsp3) is 0.143. The molecule has 110 valence electrons. The van der Waals surface area contributed by atoms with E-state index in [0.717, 1.165) is 11.8 Å². The Morgan fingerprint density at radius 3 is 2.67 bits per heavy atom. The van der Waals surface area contributed by atoms with E-state index in [1.54, 1.807) is 12.3 Å². The highest BCUT2D eigenvalue weighted by atomic mass is 32.1. The molecule has 2 heterocycles. The molecular formula is C14H12F3N3S. The lowest BCUT2D eigenvalue weighted by Gasteiger charge is -2.23. The molecule has 0 spiro atoms. The van der Waals surface area contributed by atoms with Crippen LogP contribution in [0.2, 0.25) is 0 Å². The van der Waals surface area contributed by atoms with E-state index in [0.29, 0.717) is 12.1 Å². The van der Waals surface area contributed by atoms with Gasteiger partial charge in [0.05, 0.1) is 4.99 Å². The van der Waals surface area contributed by atoms with Crippen LogP contribution in [0.15, 0.2) is 54.5 Å². The number of alkyl halides is 3. The summed E-state index contributed by atoms with van der Waals surface area (Å²) in [5.41, 5.74) is 5.99. The molecule has 2 N–H and O–H groups in total. The van der Waals surface area contributed by atoms with Crippen LogP contribution in [0.3, 0.4) is 0 Å². The minimum atomic E-state index is -4.43. The number of aromatic nitrogens is 1. The van der Waals surface area contributed by atoms with Gasteiger partial charge in [0.2, 0.25) is 0 Å². The fourth-order valence-electron chi connectivity index (χ4n) is 1.79. The zero-order valence-electron chi connectivity index (χ0n) is 10.8. The molecule has 0 unspecified atom stereocenters. The number of nitrogens with zero attached hydrogens (tertiary/aromatic N) is 2. The summed E-state index contributed by atoms with van der Waals surface area (Å²) in [6.45, 7) is 0.375. The molecule has 3 nitrogen and oxygen atoms in total. The van der Waals surface area contributed by atoms with E-state index in [9.17, 15) is 13.2 Å². The third-order valence-electron chi connectivity index (χ3n) is 2.73. The lowest BCUT2D eigenvalue weighted by atomic mass is 10.2. The molecule has 0 radical (unpaired) electrons. The molecule has 0 aliphatic carbocycles. The maximum atomic E-state index is 12.5. The summed E-state index contributed by atoms with van der Waals surface area (Å²) in [5.74, 6) is 0. The minimum absolute atomic E-state index is 0.237. The molecule has 0 fully saturated rings. The van der Waals surface area contributed by atoms with Crippen LogP contribution in [0.4, 0.5) is 13.2 Å². The number of allylic oxidation sites excluding steroid dienone is 3. The molecule has 1 aromatic rings. The first-order valence-electron chi connectivity index (χ1n) is 6.01. The van der Waals surface area contributed by atoms with Gasteiger partial charge in [-0.3, -0.25) is 4.98 Å². The maximum Gasteiger partial charge on any atom is 0.433 e. The van der Waals surface area contributed by atoms with Crippen molar-refractivity contribution in [2.75, 3.05) is 0 Å². The largest absolute Gasteiger partial charge is 0.433 e. The number of pyridine rings is 1. The number of hydrogen-bond acceptors (Lipinski definition) is 3. The molecule has 0 saturated carbocycles. The molecule has 0 saturated heterocycles. The molecule has 1 aliphatic rings. The number of rotatable bonds is 3. The van der Waals surface area contributed by atoms with Gasteiger partial charge < -0.3 is 10.6 Å². The molecule has 21 heavy (non-hydrogen) atoms. The van der Waals surface area contributed by atoms with E-state index in [2.05, 4.69) is 4.98 Å². The average molecular weight is 311 g/mol. The maximum absolute atomic E-state index is 12.5. The van der Waals surface area contributed by atoms with E-state index in [4.69, 9.17) is 18.0 Å². The van der Waals surface area contributed by atoms with Gasteiger partial charge in [0.25, 0.3) is 0 Å². The van der Waals surface area contributed by atoms with Gasteiger partial charge in [-0.2, -0.15) is 13.2 Å². The minimum Gasteiger partial charge on any atom is -0.390 e. The van der Waals surface area contributed by atoms with Crippen molar-refractivity contribution in [2.45, 2.75) is 12.7 Å². The molecule has 1 aliphatic heterocycles. The predicted octanol–water partition coefficient (Wildman–Crippen LogP) is 3.16. The Bertz CT molecular complexity index is 615. The zero-order valence-corrected chi connectivity index (χ0v) is 11.7. The summed E-state index contributed by atoms with van der Waals surface area (Å²) in [7, 11) is 0. The predicted molar refractivity (Wildman–Crippen MR) is 77.9 cm³/mol. The molecule has 7 heteroatoms. The average Bonchev–Trinajstić information content (AvgIpc) is 2.40. The highest BCUT2D eigenvalue weighted by Gasteiger charge is 2.32. The summed E-state index contributed by atoms with van der Waals surface area (Å²) >= 11 is 4.83. The van der Waals surface area contributed by atoms with Gasteiger partial charge in [-0.05, 0) is 29.9 Å². The SMILES string of the molecule is NC(=S)/C=C1\C=CC=CN1Cc1ccc(C(F)(F)F)nc1. The van der Waals surface area contributed by atoms with Gasteiger partial charge in [0.15, 0.2) is 0 Å². The second-order valence-corrected chi connectivity index (χ2v) is 4.82. The molecule has 0 amide bonds. The zero-order chi connectivity index (χ0) is 15.5. The van der Waals surface area contributed by atoms with E-state index in [1.165, 1.54) is 12.3 Å². The van der Waals surface area contributed by atoms with Crippen molar-refractivity contribution in [1.82, 2.24) is 9.88 Å². The van der Waals surface area contributed by atoms with Crippen LogP contribution >= 0.6 is 12.2 Å². The van der Waals surface area contributed by atoms with Gasteiger partial charge in [0, 0.05) is 24.6 Å². The number of halogens is 3. The van der Waals surface area contributed by atoms with Crippen molar-refractivity contribution in [3.05, 3.63) is 65.8 Å². The van der Waals surface area contributed by atoms with Crippen molar-refractivity contribution in [2.24, 2.45) is 5.73 Å². The number of nitrogens with two attached hydrogens (primary N) is 1. The molecule has 2 rings (SSSR count). The van der Waals surface area contributed by atoms with Crippen LogP contribution in [0.5, 0.6) is 0 Å². The van der Waals surface area contributed by atoms with E-state index < -0.39 is 11.9 Å². The first kappa shape index (κ1) is 15.2. The summed E-state index contributed by atoms with van der Waals surface area (Å²) in [6, 6.07) is 2.37. The van der Waals surface area contributed by atoms with Crippen LogP contribution in [0.1, 0.15) is 11.3 Å². The van der Waals surface area contributed by atoms with E-state index in [-0.39, 0.29) is 4.99 Å². The van der Waals surface area contributed by atoms with E-state index in [1.807, 2.05) is 23.1 Å². The summed E-state index contributed by atoms with van der Waals surface area (Å²) < 4.78 is 37.4. The Morgan fingerprint density at radius 2 is 2.10 bits per heavy atom. The van der Waals surface area contributed by atoms with Crippen LogP contribution in [0, 0.1) is 0 Å². The standard InChI is InChI=1S/C14H12F3N3S/c15-14(16,17)12-5-4-10(8-19-12)9-20-6-2-1-3-11(20)7-13(18)21/h1-8H,9H2,(H2,18,21)/b11-7+. The summed E-state index contributed by atoms with van der Waals surface area (Å²) in [5, 5.41) is 0. The lowest BCUT2D eigenvalue weighted by Crippen LogP contribution is -2.19. The third kappa shape index (κ3) is 4.16. The molecule has 0 bridgehead atoms. The second-order valence-electron chi connectivity index (χ2n) is 4.35. The molecule has 0 aromatic carbocycles. The van der Waals surface area contributed by atoms with Crippen LogP contribution in [-0.2, 0) is 12.7 Å². The summed E-state index contributed by atoms with van der Waals surface area (Å²) in [4.78, 5) is 5.50. The van der Waals surface area contributed by atoms with Crippen LogP contribution < -0.4 is 5.73 Å². The molecular weight excluding hydrogens is 299 g/mol. The van der Waals surface area contributed by atoms with Gasteiger partial charge in [-0.15, -0.1) is 0 Å². The Kier molecular flexibility index (Phi) is 4.42. The van der Waals surface area contributed by atoms with Crippen molar-refractivity contribution < 1.29 is 13.2 Å². The van der Waals surface area contributed by atoms with Crippen molar-refractivity contribution in [3.63, 3.8) is 0 Å². The fourth-order valence-corrected chi connectivity index (χ4v) is 1.91. The Labute approximate surface area is 125 Å². The van der Waals surface area contributed by atoms with Crippen LogP contribution in [0.25, 0.3) is 0 Å². The van der Waals surface area contributed by atoms with Crippen molar-refractivity contribution in [3.8, 4) is 0 Å². The highest BCUT2D eigenvalue weighted by molar-refractivity contribution is 7.80. The van der Waals surface area contributed by atoms with Crippen LogP contribution in [-0.4, -0.2) is 14.9 Å². The third-order valence-corrected chi connectivity index (χ3v) is 2.85. The monoisotopic (exact) mass is 311 g/mol. The van der Waals surface area contributed by atoms with Gasteiger partial charge in [-0.1, -0.05) is 24.4 Å². The van der Waals surface area contributed by atoms with Gasteiger partial charge in [-0.25, -0.2) is 0 Å². The molecule has 0 atom stereocenters. The molecule has 1 aromatic heterocycles. The lowest BCUT2D eigenvalue weighted by molar-refractivity contribution is -0.141. The Morgan fingerprint density at radius 1 is 1.33 bits per heavy atom. The van der Waals surface area contributed by atoms with Gasteiger partial charge in [0.1, 0.15) is 5.69 Å². The second kappa shape index (κ2) is 6.09. The quantitative estimate of drug-likeness (QED) is 0.688. The van der Waals surface area contributed by atoms with Crippen molar-refractivity contribution >= 4 is 17.2 Å². The summed E-state index contributed by atoms with van der Waals surface area (Å²) in [6.07, 6.45) is 5.65. The normalized spacial score (nSPS) is 16.5. The highest BCUT2D eigenvalue weighted by Crippen LogP contribution is 2.27. The topological polar surface area (TPSA) is 42.1 Å². The first-order valence-corrected chi connectivity index (χ1v) is 6.42. The number of hydrogen-bond donors (Lipinski definition) is 1.